The van der Waals surface area contributed by atoms with Gasteiger partial charge in [-0.3, -0.25) is 10.1 Å². The lowest BCUT2D eigenvalue weighted by atomic mass is 10.2. The zero-order chi connectivity index (χ0) is 13.1. The number of nitro groups is 1. The Morgan fingerprint density at radius 3 is 2.72 bits per heavy atom. The van der Waals surface area contributed by atoms with Gasteiger partial charge in [0.2, 0.25) is 5.75 Å². The molecule has 0 fully saturated rings. The second-order valence-corrected chi connectivity index (χ2v) is 3.79. The highest BCUT2D eigenvalue weighted by Gasteiger charge is 2.20. The number of rotatable bonds is 3. The predicted octanol–water partition coefficient (Wildman–Crippen LogP) is 3.14. The standard InChI is InChI=1S/C11H8ClN3O3/c1-7-3-2-4-8(9(7)15(16)17)18-11-10(12)13-5-6-14-11/h2-6H,1H3. The van der Waals surface area contributed by atoms with Crippen LogP contribution in [-0.2, 0) is 0 Å². The topological polar surface area (TPSA) is 78.2 Å². The van der Waals surface area contributed by atoms with Gasteiger partial charge in [0.05, 0.1) is 4.92 Å². The molecule has 18 heavy (non-hydrogen) atoms. The van der Waals surface area contributed by atoms with Crippen molar-refractivity contribution in [3.8, 4) is 11.6 Å². The van der Waals surface area contributed by atoms with Crippen LogP contribution in [0, 0.1) is 17.0 Å². The number of para-hydroxylation sites is 1. The summed E-state index contributed by atoms with van der Waals surface area (Å²) in [5.41, 5.74) is 0.386. The smallest absolute Gasteiger partial charge is 0.314 e. The molecule has 0 saturated carbocycles. The second kappa shape index (κ2) is 4.97. The normalized spacial score (nSPS) is 10.1. The third-order valence-electron chi connectivity index (χ3n) is 2.21. The minimum Gasteiger partial charge on any atom is -0.429 e. The molecule has 0 aliphatic heterocycles. The molecule has 2 aromatic rings. The van der Waals surface area contributed by atoms with Gasteiger partial charge in [0.1, 0.15) is 0 Å². The highest BCUT2D eigenvalue weighted by molar-refractivity contribution is 6.30. The van der Waals surface area contributed by atoms with Gasteiger partial charge in [-0.05, 0) is 13.0 Å². The second-order valence-electron chi connectivity index (χ2n) is 3.43. The van der Waals surface area contributed by atoms with E-state index >= 15 is 0 Å². The molecular formula is C11H8ClN3O3. The van der Waals surface area contributed by atoms with E-state index in [1.54, 1.807) is 19.1 Å². The van der Waals surface area contributed by atoms with Crippen molar-refractivity contribution < 1.29 is 9.66 Å². The van der Waals surface area contributed by atoms with Crippen molar-refractivity contribution in [1.29, 1.82) is 0 Å². The van der Waals surface area contributed by atoms with Gasteiger partial charge in [-0.15, -0.1) is 0 Å². The first-order valence-corrected chi connectivity index (χ1v) is 5.35. The summed E-state index contributed by atoms with van der Waals surface area (Å²) in [7, 11) is 0. The van der Waals surface area contributed by atoms with Gasteiger partial charge in [-0.2, -0.15) is 0 Å². The first-order chi connectivity index (χ1) is 8.59. The molecule has 0 N–H and O–H groups in total. The van der Waals surface area contributed by atoms with E-state index < -0.39 is 4.92 Å². The molecule has 0 aliphatic carbocycles. The maximum absolute atomic E-state index is 11.0. The zero-order valence-corrected chi connectivity index (χ0v) is 10.1. The third-order valence-corrected chi connectivity index (χ3v) is 2.47. The Kier molecular flexibility index (Phi) is 3.38. The fraction of sp³-hybridized carbons (Fsp3) is 0.0909. The Bertz CT molecular complexity index is 604. The van der Waals surface area contributed by atoms with Gasteiger partial charge in [0, 0.05) is 18.0 Å². The molecule has 7 heteroatoms. The number of nitrogens with zero attached hydrogens (tertiary/aromatic N) is 3. The first-order valence-electron chi connectivity index (χ1n) is 4.98. The van der Waals surface area contributed by atoms with E-state index in [2.05, 4.69) is 9.97 Å². The van der Waals surface area contributed by atoms with Gasteiger partial charge < -0.3 is 4.74 Å². The highest BCUT2D eigenvalue weighted by Crippen LogP contribution is 2.34. The fourth-order valence-electron chi connectivity index (χ4n) is 1.43. The van der Waals surface area contributed by atoms with E-state index in [4.69, 9.17) is 16.3 Å². The van der Waals surface area contributed by atoms with Crippen LogP contribution in [0.4, 0.5) is 5.69 Å². The van der Waals surface area contributed by atoms with Crippen LogP contribution < -0.4 is 4.74 Å². The minimum absolute atomic E-state index is 0.0351. The van der Waals surface area contributed by atoms with Crippen molar-refractivity contribution in [3.05, 3.63) is 51.4 Å². The van der Waals surface area contributed by atoms with Crippen LogP contribution in [0.3, 0.4) is 0 Å². The van der Waals surface area contributed by atoms with Crippen molar-refractivity contribution in [2.24, 2.45) is 0 Å². The van der Waals surface area contributed by atoms with Crippen LogP contribution in [0.2, 0.25) is 5.15 Å². The van der Waals surface area contributed by atoms with Gasteiger partial charge in [0.15, 0.2) is 5.15 Å². The molecule has 1 aromatic carbocycles. The van der Waals surface area contributed by atoms with Crippen molar-refractivity contribution in [2.75, 3.05) is 0 Å². The molecule has 92 valence electrons. The summed E-state index contributed by atoms with van der Waals surface area (Å²) in [5.74, 6) is 0.121. The average Bonchev–Trinajstić information content (AvgIpc) is 2.31. The van der Waals surface area contributed by atoms with Crippen LogP contribution in [0.15, 0.2) is 30.6 Å². The maximum Gasteiger partial charge on any atom is 0.314 e. The maximum atomic E-state index is 11.0. The SMILES string of the molecule is Cc1cccc(Oc2nccnc2Cl)c1[N+](=O)[O-]. The average molecular weight is 266 g/mol. The number of hydrogen-bond donors (Lipinski definition) is 0. The summed E-state index contributed by atoms with van der Waals surface area (Å²) >= 11 is 5.78. The number of halogens is 1. The lowest BCUT2D eigenvalue weighted by Crippen LogP contribution is -1.97. The van der Waals surface area contributed by atoms with E-state index in [9.17, 15) is 10.1 Å². The number of hydrogen-bond acceptors (Lipinski definition) is 5. The molecule has 6 nitrogen and oxygen atoms in total. The lowest BCUT2D eigenvalue weighted by molar-refractivity contribution is -0.386. The predicted molar refractivity (Wildman–Crippen MR) is 64.9 cm³/mol. The Morgan fingerprint density at radius 1 is 1.33 bits per heavy atom. The molecule has 0 atom stereocenters. The molecule has 0 spiro atoms. The largest absolute Gasteiger partial charge is 0.429 e. The minimum atomic E-state index is -0.505. The van der Waals surface area contributed by atoms with Crippen molar-refractivity contribution in [3.63, 3.8) is 0 Å². The van der Waals surface area contributed by atoms with Crippen LogP contribution >= 0.6 is 11.6 Å². The molecule has 0 unspecified atom stereocenters. The van der Waals surface area contributed by atoms with E-state index in [1.807, 2.05) is 0 Å². The monoisotopic (exact) mass is 265 g/mol. The van der Waals surface area contributed by atoms with Crippen LogP contribution in [-0.4, -0.2) is 14.9 Å². The summed E-state index contributed by atoms with van der Waals surface area (Å²) in [5, 5.41) is 11.0. The molecule has 1 aromatic heterocycles. The van der Waals surface area contributed by atoms with Gasteiger partial charge in [-0.25, -0.2) is 9.97 Å². The van der Waals surface area contributed by atoms with E-state index in [0.717, 1.165) is 0 Å². The van der Waals surface area contributed by atoms with Gasteiger partial charge >= 0.3 is 5.69 Å². The summed E-state index contributed by atoms with van der Waals surface area (Å²) in [6.07, 6.45) is 2.79. The molecule has 0 bridgehead atoms. The summed E-state index contributed by atoms with van der Waals surface area (Å²) in [4.78, 5) is 18.1. The van der Waals surface area contributed by atoms with Gasteiger partial charge in [-0.1, -0.05) is 23.7 Å². The van der Waals surface area contributed by atoms with E-state index in [-0.39, 0.29) is 22.5 Å². The fourth-order valence-corrected chi connectivity index (χ4v) is 1.57. The van der Waals surface area contributed by atoms with Crippen LogP contribution in [0.5, 0.6) is 11.6 Å². The van der Waals surface area contributed by atoms with Crippen molar-refractivity contribution in [1.82, 2.24) is 9.97 Å². The molecule has 0 amide bonds. The Labute approximate surface area is 107 Å². The van der Waals surface area contributed by atoms with Gasteiger partial charge in [0.25, 0.3) is 5.88 Å². The van der Waals surface area contributed by atoms with E-state index in [1.165, 1.54) is 18.5 Å². The highest BCUT2D eigenvalue weighted by atomic mass is 35.5. The van der Waals surface area contributed by atoms with Crippen molar-refractivity contribution >= 4 is 17.3 Å². The number of benzene rings is 1. The molecule has 0 aliphatic rings. The number of ether oxygens (including phenoxy) is 1. The number of aryl methyl sites for hydroxylation is 1. The van der Waals surface area contributed by atoms with E-state index in [0.29, 0.717) is 5.56 Å². The summed E-state index contributed by atoms with van der Waals surface area (Å²) in [6, 6.07) is 4.77. The zero-order valence-electron chi connectivity index (χ0n) is 9.33. The third kappa shape index (κ3) is 2.38. The Balaban J connectivity index is 2.44. The first kappa shape index (κ1) is 12.3. The quantitative estimate of drug-likeness (QED) is 0.629. The molecule has 0 radical (unpaired) electrons. The number of aromatic nitrogens is 2. The lowest BCUT2D eigenvalue weighted by Gasteiger charge is -2.07. The molecule has 2 rings (SSSR count). The van der Waals surface area contributed by atoms with Crippen LogP contribution in [0.25, 0.3) is 0 Å². The molecule has 0 saturated heterocycles. The molecule has 1 heterocycles. The Morgan fingerprint density at radius 2 is 2.06 bits per heavy atom. The molecular weight excluding hydrogens is 258 g/mol. The van der Waals surface area contributed by atoms with Crippen LogP contribution in [0.1, 0.15) is 5.56 Å². The summed E-state index contributed by atoms with van der Waals surface area (Å²) < 4.78 is 5.34. The summed E-state index contributed by atoms with van der Waals surface area (Å²) in [6.45, 7) is 1.63. The van der Waals surface area contributed by atoms with Crippen molar-refractivity contribution in [2.45, 2.75) is 6.92 Å². The number of nitro benzene ring substituents is 1. The Hall–Kier alpha value is -2.21.